The van der Waals surface area contributed by atoms with E-state index < -0.39 is 0 Å². The SMILES string of the molecule is C=C(C)C(=O)OC1CN1C. The van der Waals surface area contributed by atoms with Crippen molar-refractivity contribution < 1.29 is 9.53 Å². The molecule has 1 heterocycles. The standard InChI is InChI=1S/C7H11NO2/c1-5(2)7(9)10-6-4-8(6)3/h6H,1,4H2,2-3H3. The number of hydrogen-bond acceptors (Lipinski definition) is 3. The summed E-state index contributed by atoms with van der Waals surface area (Å²) in [4.78, 5) is 12.7. The van der Waals surface area contributed by atoms with Crippen LogP contribution in [0.3, 0.4) is 0 Å². The number of likely N-dealkylation sites (N-methyl/N-ethyl adjacent to an activating group) is 1. The molecule has 56 valence electrons. The van der Waals surface area contributed by atoms with E-state index in [1.54, 1.807) is 6.92 Å². The van der Waals surface area contributed by atoms with Gasteiger partial charge >= 0.3 is 5.97 Å². The van der Waals surface area contributed by atoms with Crippen LogP contribution in [-0.4, -0.2) is 30.7 Å². The van der Waals surface area contributed by atoms with Crippen molar-refractivity contribution in [2.45, 2.75) is 13.2 Å². The fraction of sp³-hybridized carbons (Fsp3) is 0.571. The van der Waals surface area contributed by atoms with E-state index in [0.29, 0.717) is 5.57 Å². The predicted molar refractivity (Wildman–Crippen MR) is 37.3 cm³/mol. The van der Waals surface area contributed by atoms with Gasteiger partial charge in [0.05, 0.1) is 6.54 Å². The summed E-state index contributed by atoms with van der Waals surface area (Å²) >= 11 is 0. The molecule has 0 aromatic heterocycles. The van der Waals surface area contributed by atoms with Crippen LogP contribution in [0.2, 0.25) is 0 Å². The Morgan fingerprint density at radius 1 is 1.80 bits per heavy atom. The summed E-state index contributed by atoms with van der Waals surface area (Å²) in [7, 11) is 1.90. The lowest BCUT2D eigenvalue weighted by atomic mass is 10.4. The number of carbonyl (C=O) groups excluding carboxylic acids is 1. The van der Waals surface area contributed by atoms with Gasteiger partial charge in [-0.05, 0) is 14.0 Å². The van der Waals surface area contributed by atoms with Gasteiger partial charge in [-0.3, -0.25) is 4.90 Å². The molecule has 0 aromatic rings. The van der Waals surface area contributed by atoms with Gasteiger partial charge in [0.25, 0.3) is 0 Å². The summed E-state index contributed by atoms with van der Waals surface area (Å²) in [6.07, 6.45) is 0.00389. The monoisotopic (exact) mass is 141 g/mol. The normalized spacial score (nSPS) is 29.4. The van der Waals surface area contributed by atoms with Gasteiger partial charge in [-0.15, -0.1) is 0 Å². The van der Waals surface area contributed by atoms with Crippen molar-refractivity contribution in [3.05, 3.63) is 12.2 Å². The molecule has 10 heavy (non-hydrogen) atoms. The summed E-state index contributed by atoms with van der Waals surface area (Å²) in [6, 6.07) is 0. The summed E-state index contributed by atoms with van der Waals surface area (Å²) < 4.78 is 4.92. The molecule has 0 aromatic carbocycles. The highest BCUT2D eigenvalue weighted by atomic mass is 16.6. The molecule has 0 bridgehead atoms. The van der Waals surface area contributed by atoms with Crippen molar-refractivity contribution in [1.82, 2.24) is 4.90 Å². The molecular weight excluding hydrogens is 130 g/mol. The van der Waals surface area contributed by atoms with Gasteiger partial charge in [0.2, 0.25) is 0 Å². The second-order valence-corrected chi connectivity index (χ2v) is 2.58. The lowest BCUT2D eigenvalue weighted by molar-refractivity contribution is -0.141. The predicted octanol–water partition coefficient (Wildman–Crippen LogP) is 0.377. The molecule has 1 fully saturated rings. The maximum atomic E-state index is 10.8. The number of ether oxygens (including phenoxy) is 1. The fourth-order valence-electron chi connectivity index (χ4n) is 0.551. The van der Waals surface area contributed by atoms with Crippen molar-refractivity contribution in [3.63, 3.8) is 0 Å². The fourth-order valence-corrected chi connectivity index (χ4v) is 0.551. The summed E-state index contributed by atoms with van der Waals surface area (Å²) in [5, 5.41) is 0. The van der Waals surface area contributed by atoms with Crippen molar-refractivity contribution in [3.8, 4) is 0 Å². The number of nitrogens with zero attached hydrogens (tertiary/aromatic N) is 1. The van der Waals surface area contributed by atoms with Crippen LogP contribution < -0.4 is 0 Å². The van der Waals surface area contributed by atoms with Crippen LogP contribution in [0.5, 0.6) is 0 Å². The average molecular weight is 141 g/mol. The lowest BCUT2D eigenvalue weighted by Crippen LogP contribution is -2.09. The molecule has 0 saturated carbocycles. The highest BCUT2D eigenvalue weighted by Gasteiger charge is 2.33. The molecule has 1 rings (SSSR count). The maximum absolute atomic E-state index is 10.8. The highest BCUT2D eigenvalue weighted by molar-refractivity contribution is 5.87. The largest absolute Gasteiger partial charge is 0.442 e. The third-order valence-corrected chi connectivity index (χ3v) is 1.39. The van der Waals surface area contributed by atoms with E-state index >= 15 is 0 Å². The summed E-state index contributed by atoms with van der Waals surface area (Å²) in [5.41, 5.74) is 0.459. The molecule has 0 spiro atoms. The van der Waals surface area contributed by atoms with Crippen LogP contribution in [0.1, 0.15) is 6.92 Å². The van der Waals surface area contributed by atoms with Crippen LogP contribution in [-0.2, 0) is 9.53 Å². The van der Waals surface area contributed by atoms with Crippen molar-refractivity contribution in [2.24, 2.45) is 0 Å². The van der Waals surface area contributed by atoms with Crippen LogP contribution in [0.25, 0.3) is 0 Å². The van der Waals surface area contributed by atoms with E-state index in [0.717, 1.165) is 6.54 Å². The summed E-state index contributed by atoms with van der Waals surface area (Å²) in [5.74, 6) is -0.297. The van der Waals surface area contributed by atoms with Gasteiger partial charge in [-0.25, -0.2) is 4.79 Å². The minimum atomic E-state index is -0.297. The van der Waals surface area contributed by atoms with E-state index in [1.165, 1.54) is 0 Å². The Hall–Kier alpha value is -0.830. The lowest BCUT2D eigenvalue weighted by Gasteiger charge is -2.00. The maximum Gasteiger partial charge on any atom is 0.334 e. The zero-order chi connectivity index (χ0) is 7.72. The van der Waals surface area contributed by atoms with Gasteiger partial charge in [-0.1, -0.05) is 6.58 Å². The summed E-state index contributed by atoms with van der Waals surface area (Å²) in [6.45, 7) is 5.96. The number of hydrogen-bond donors (Lipinski definition) is 0. The van der Waals surface area contributed by atoms with Gasteiger partial charge in [0, 0.05) is 5.57 Å². The van der Waals surface area contributed by atoms with E-state index in [9.17, 15) is 4.79 Å². The first-order valence-electron chi connectivity index (χ1n) is 3.18. The van der Waals surface area contributed by atoms with Crippen LogP contribution in [0.15, 0.2) is 12.2 Å². The molecule has 0 N–H and O–H groups in total. The van der Waals surface area contributed by atoms with E-state index in [4.69, 9.17) is 4.74 Å². The molecular formula is C7H11NO2. The second kappa shape index (κ2) is 2.42. The molecule has 2 unspecified atom stereocenters. The third kappa shape index (κ3) is 1.57. The first-order chi connectivity index (χ1) is 4.61. The highest BCUT2D eigenvalue weighted by Crippen LogP contribution is 2.15. The van der Waals surface area contributed by atoms with Crippen molar-refractivity contribution in [1.29, 1.82) is 0 Å². The first-order valence-corrected chi connectivity index (χ1v) is 3.18. The van der Waals surface area contributed by atoms with Crippen molar-refractivity contribution in [2.75, 3.05) is 13.6 Å². The van der Waals surface area contributed by atoms with Crippen LogP contribution in [0.4, 0.5) is 0 Å². The minimum absolute atomic E-state index is 0.00389. The topological polar surface area (TPSA) is 29.3 Å². The Balaban J connectivity index is 2.26. The Bertz CT molecular complexity index is 176. The number of rotatable bonds is 2. The van der Waals surface area contributed by atoms with E-state index in [2.05, 4.69) is 6.58 Å². The molecule has 0 amide bonds. The van der Waals surface area contributed by atoms with E-state index in [1.807, 2.05) is 11.9 Å². The number of esters is 1. The average Bonchev–Trinajstić information content (AvgIpc) is 2.46. The first kappa shape index (κ1) is 7.28. The zero-order valence-corrected chi connectivity index (χ0v) is 6.26. The molecule has 0 aliphatic carbocycles. The molecule has 2 atom stereocenters. The van der Waals surface area contributed by atoms with Crippen molar-refractivity contribution >= 4 is 5.97 Å². The molecule has 3 nitrogen and oxygen atoms in total. The minimum Gasteiger partial charge on any atom is -0.442 e. The Morgan fingerprint density at radius 3 is 2.60 bits per heavy atom. The van der Waals surface area contributed by atoms with Gasteiger partial charge < -0.3 is 4.74 Å². The van der Waals surface area contributed by atoms with Crippen LogP contribution in [0, 0.1) is 0 Å². The quantitative estimate of drug-likeness (QED) is 0.316. The molecule has 1 saturated heterocycles. The smallest absolute Gasteiger partial charge is 0.334 e. The second-order valence-electron chi connectivity index (χ2n) is 2.58. The Kier molecular flexibility index (Phi) is 1.76. The number of carbonyl (C=O) groups is 1. The van der Waals surface area contributed by atoms with Gasteiger partial charge in [0.15, 0.2) is 6.23 Å². The molecule has 0 radical (unpaired) electrons. The van der Waals surface area contributed by atoms with Gasteiger partial charge in [-0.2, -0.15) is 0 Å². The van der Waals surface area contributed by atoms with E-state index in [-0.39, 0.29) is 12.2 Å². The Morgan fingerprint density at radius 2 is 2.30 bits per heavy atom. The Labute approximate surface area is 60.3 Å². The molecule has 1 aliphatic heterocycles. The van der Waals surface area contributed by atoms with Gasteiger partial charge in [0.1, 0.15) is 0 Å². The third-order valence-electron chi connectivity index (χ3n) is 1.39. The molecule has 3 heteroatoms. The zero-order valence-electron chi connectivity index (χ0n) is 6.26. The van der Waals surface area contributed by atoms with Crippen LogP contribution >= 0.6 is 0 Å². The molecule has 1 aliphatic rings.